The van der Waals surface area contributed by atoms with Crippen molar-refractivity contribution in [3.05, 3.63) is 23.3 Å². The molecule has 0 bridgehead atoms. The summed E-state index contributed by atoms with van der Waals surface area (Å²) in [5, 5.41) is 3.29. The fourth-order valence-electron chi connectivity index (χ4n) is 3.71. The molecule has 1 aromatic carbocycles. The first-order valence-corrected chi connectivity index (χ1v) is 11.4. The van der Waals surface area contributed by atoms with Crippen LogP contribution >= 0.6 is 0 Å². The lowest BCUT2D eigenvalue weighted by Crippen LogP contribution is -2.57. The maximum atomic E-state index is 12.3. The van der Waals surface area contributed by atoms with Gasteiger partial charge in [-0.1, -0.05) is 0 Å². The molecule has 2 heterocycles. The van der Waals surface area contributed by atoms with Gasteiger partial charge in [0.2, 0.25) is 0 Å². The van der Waals surface area contributed by atoms with E-state index in [4.69, 9.17) is 14.5 Å². The van der Waals surface area contributed by atoms with Gasteiger partial charge in [-0.05, 0) is 39.8 Å². The van der Waals surface area contributed by atoms with E-state index in [9.17, 15) is 8.42 Å². The molecule has 1 N–H and O–H groups in total. The van der Waals surface area contributed by atoms with Crippen molar-refractivity contribution in [2.45, 2.75) is 51.5 Å². The Morgan fingerprint density at radius 2 is 2.18 bits per heavy atom. The van der Waals surface area contributed by atoms with Gasteiger partial charge in [0.1, 0.15) is 17.6 Å². The zero-order valence-electron chi connectivity index (χ0n) is 17.4. The van der Waals surface area contributed by atoms with Crippen molar-refractivity contribution in [2.75, 3.05) is 32.5 Å². The molecule has 1 fully saturated rings. The number of sulfone groups is 1. The third-order valence-electron chi connectivity index (χ3n) is 5.38. The first-order chi connectivity index (χ1) is 13.2. The largest absolute Gasteiger partial charge is 0.496 e. The molecule has 0 aromatic heterocycles. The summed E-state index contributed by atoms with van der Waals surface area (Å²) in [5.41, 5.74) is 2.11. The number of methoxy groups -OCH3 is 1. The number of hydrogen-bond donors (Lipinski definition) is 1. The van der Waals surface area contributed by atoms with Crippen LogP contribution < -0.4 is 14.8 Å². The second kappa shape index (κ2) is 7.81. The Morgan fingerprint density at radius 3 is 2.82 bits per heavy atom. The zero-order valence-corrected chi connectivity index (χ0v) is 18.2. The van der Waals surface area contributed by atoms with Crippen molar-refractivity contribution in [3.63, 3.8) is 0 Å². The van der Waals surface area contributed by atoms with Crippen molar-refractivity contribution >= 4 is 15.8 Å². The second-order valence-corrected chi connectivity index (χ2v) is 10.8. The minimum atomic E-state index is -3.09. The Bertz CT molecular complexity index is 864. The van der Waals surface area contributed by atoms with Crippen LogP contribution in [0.3, 0.4) is 0 Å². The molecule has 28 heavy (non-hydrogen) atoms. The highest BCUT2D eigenvalue weighted by Crippen LogP contribution is 2.35. The van der Waals surface area contributed by atoms with Crippen molar-refractivity contribution in [1.82, 2.24) is 10.2 Å². The van der Waals surface area contributed by atoms with E-state index in [1.807, 2.05) is 24.0 Å². The van der Waals surface area contributed by atoms with E-state index in [2.05, 4.69) is 12.2 Å². The Kier molecular flexibility index (Phi) is 5.79. The fourth-order valence-corrected chi connectivity index (χ4v) is 5.07. The summed E-state index contributed by atoms with van der Waals surface area (Å²) in [6.07, 6.45) is 1.06. The van der Waals surface area contributed by atoms with Gasteiger partial charge < -0.3 is 19.7 Å². The quantitative estimate of drug-likeness (QED) is 0.605. The van der Waals surface area contributed by atoms with E-state index >= 15 is 0 Å². The normalized spacial score (nSPS) is 23.1. The molecule has 1 unspecified atom stereocenters. The van der Waals surface area contributed by atoms with Gasteiger partial charge in [0.15, 0.2) is 15.8 Å². The minimum absolute atomic E-state index is 0.137. The number of nitrogens with one attached hydrogen (secondary N) is 1. The summed E-state index contributed by atoms with van der Waals surface area (Å²) in [5.74, 6) is 2.56. The molecule has 1 aromatic rings. The first kappa shape index (κ1) is 20.8. The molecular formula is C20H31N3O4S. The van der Waals surface area contributed by atoms with Gasteiger partial charge in [-0.2, -0.15) is 0 Å². The van der Waals surface area contributed by atoms with Crippen molar-refractivity contribution in [3.8, 4) is 11.5 Å². The Morgan fingerprint density at radius 1 is 1.43 bits per heavy atom. The van der Waals surface area contributed by atoms with Crippen molar-refractivity contribution in [2.24, 2.45) is 4.99 Å². The van der Waals surface area contributed by atoms with E-state index in [0.717, 1.165) is 35.0 Å². The van der Waals surface area contributed by atoms with Gasteiger partial charge >= 0.3 is 0 Å². The number of ether oxygens (including phenoxy) is 2. The van der Waals surface area contributed by atoms with E-state index in [1.54, 1.807) is 21.0 Å². The van der Waals surface area contributed by atoms with Gasteiger partial charge in [-0.3, -0.25) is 0 Å². The maximum absolute atomic E-state index is 12.3. The van der Waals surface area contributed by atoms with Crippen LogP contribution in [0.1, 0.15) is 38.8 Å². The number of fused-ring (bicyclic) bond motifs is 1. The highest BCUT2D eigenvalue weighted by molar-refractivity contribution is 7.92. The molecule has 156 valence electrons. The van der Waals surface area contributed by atoms with Crippen molar-refractivity contribution < 1.29 is 17.9 Å². The minimum Gasteiger partial charge on any atom is -0.496 e. The third kappa shape index (κ3) is 4.06. The summed E-state index contributed by atoms with van der Waals surface area (Å²) in [7, 11) is -1.43. The predicted molar refractivity (Wildman–Crippen MR) is 111 cm³/mol. The number of hydrogen-bond acceptors (Lipinski definition) is 5. The molecule has 7 nitrogen and oxygen atoms in total. The van der Waals surface area contributed by atoms with E-state index in [0.29, 0.717) is 26.2 Å². The molecule has 1 atom stereocenters. The molecule has 2 aliphatic heterocycles. The first-order valence-electron chi connectivity index (χ1n) is 9.79. The molecule has 2 aliphatic rings. The molecule has 0 aliphatic carbocycles. The van der Waals surface area contributed by atoms with Crippen LogP contribution in [0.15, 0.2) is 17.1 Å². The third-order valence-corrected chi connectivity index (χ3v) is 7.91. The van der Waals surface area contributed by atoms with Crippen LogP contribution in [0.4, 0.5) is 0 Å². The number of benzene rings is 1. The van der Waals surface area contributed by atoms with E-state index in [-0.39, 0.29) is 11.9 Å². The molecule has 8 heteroatoms. The number of nitrogens with zero attached hydrogens (tertiary/aromatic N) is 2. The Hall–Kier alpha value is -1.96. The van der Waals surface area contributed by atoms with Gasteiger partial charge in [0, 0.05) is 37.2 Å². The summed E-state index contributed by atoms with van der Waals surface area (Å²) in [6.45, 7) is 9.62. The average Bonchev–Trinajstić information content (AvgIpc) is 2.99. The Balaban J connectivity index is 1.83. The molecule has 3 rings (SSSR count). The summed E-state index contributed by atoms with van der Waals surface area (Å²) >= 11 is 0. The number of aliphatic imine (C=N–C) groups is 1. The molecule has 0 radical (unpaired) electrons. The summed E-state index contributed by atoms with van der Waals surface area (Å²) in [6, 6.07) is 4.04. The van der Waals surface area contributed by atoms with Gasteiger partial charge in [-0.15, -0.1) is 0 Å². The molecule has 0 saturated carbocycles. The lowest BCUT2D eigenvalue weighted by Gasteiger charge is -2.39. The van der Waals surface area contributed by atoms with Crippen LogP contribution in [0, 0.1) is 0 Å². The highest BCUT2D eigenvalue weighted by atomic mass is 32.2. The molecule has 0 amide bonds. The second-order valence-electron chi connectivity index (χ2n) is 8.07. The lowest BCUT2D eigenvalue weighted by atomic mass is 10.1. The van der Waals surface area contributed by atoms with E-state index < -0.39 is 14.6 Å². The fraction of sp³-hybridized carbons (Fsp3) is 0.650. The number of rotatable bonds is 4. The zero-order chi connectivity index (χ0) is 20.5. The lowest BCUT2D eigenvalue weighted by molar-refractivity contribution is 0.254. The maximum Gasteiger partial charge on any atom is 0.194 e. The summed E-state index contributed by atoms with van der Waals surface area (Å²) < 4.78 is 35.3. The van der Waals surface area contributed by atoms with Crippen LogP contribution in [0.2, 0.25) is 0 Å². The SMILES string of the molecule is CCNC(=NCc1cc2c(cc1OC)CC(C)O2)N1CCS(=O)(=O)C(C)(C)C1. The molecule has 0 spiro atoms. The van der Waals surface area contributed by atoms with Crippen LogP contribution in [0.5, 0.6) is 11.5 Å². The predicted octanol–water partition coefficient (Wildman–Crippen LogP) is 1.99. The summed E-state index contributed by atoms with van der Waals surface area (Å²) in [4.78, 5) is 6.81. The number of guanidine groups is 1. The highest BCUT2D eigenvalue weighted by Gasteiger charge is 2.41. The van der Waals surface area contributed by atoms with Gasteiger partial charge in [-0.25, -0.2) is 13.4 Å². The van der Waals surface area contributed by atoms with Crippen LogP contribution in [-0.2, 0) is 22.8 Å². The van der Waals surface area contributed by atoms with Crippen LogP contribution in [0.25, 0.3) is 0 Å². The monoisotopic (exact) mass is 409 g/mol. The topological polar surface area (TPSA) is 80.2 Å². The van der Waals surface area contributed by atoms with E-state index in [1.165, 1.54) is 0 Å². The molecular weight excluding hydrogens is 378 g/mol. The van der Waals surface area contributed by atoms with Crippen LogP contribution in [-0.4, -0.2) is 62.6 Å². The molecule has 1 saturated heterocycles. The standard InChI is InChI=1S/C20H31N3O4S/c1-6-21-19(23-7-8-28(24,25)20(3,4)13-23)22-12-16-11-18-15(9-14(2)27-18)10-17(16)26-5/h10-11,14H,6-9,12-13H2,1-5H3,(H,21,22). The van der Waals surface area contributed by atoms with Gasteiger partial charge in [0.05, 0.1) is 24.2 Å². The smallest absolute Gasteiger partial charge is 0.194 e. The Labute approximate surface area is 168 Å². The average molecular weight is 410 g/mol. The van der Waals surface area contributed by atoms with Gasteiger partial charge in [0.25, 0.3) is 0 Å². The van der Waals surface area contributed by atoms with Crippen molar-refractivity contribution in [1.29, 1.82) is 0 Å².